The van der Waals surface area contributed by atoms with Crippen LogP contribution in [-0.2, 0) is 0 Å². The lowest BCUT2D eigenvalue weighted by Gasteiger charge is -2.07. The van der Waals surface area contributed by atoms with Gasteiger partial charge in [-0.2, -0.15) is 0 Å². The van der Waals surface area contributed by atoms with Crippen LogP contribution in [0.15, 0.2) is 40.4 Å². The molecule has 1 aromatic carbocycles. The largest absolute Gasteiger partial charge is 0.289 e. The average molecular weight is 318 g/mol. The van der Waals surface area contributed by atoms with Crippen molar-refractivity contribution in [3.05, 3.63) is 56.8 Å². The number of hydrogen-bond donors (Lipinski definition) is 0. The van der Waals surface area contributed by atoms with Gasteiger partial charge in [0, 0.05) is 15.6 Å². The monoisotopic (exact) mass is 316 g/mol. The minimum absolute atomic E-state index is 0.165. The first-order valence-electron chi connectivity index (χ1n) is 4.99. The summed E-state index contributed by atoms with van der Waals surface area (Å²) in [4.78, 5) is 12.2. The van der Waals surface area contributed by atoms with E-state index in [4.69, 9.17) is 11.6 Å². The number of rotatable bonds is 3. The summed E-state index contributed by atoms with van der Waals surface area (Å²) in [5.74, 6) is -0.785. The third kappa shape index (κ3) is 3.27. The van der Waals surface area contributed by atoms with Crippen molar-refractivity contribution in [1.82, 2.24) is 0 Å². The van der Waals surface area contributed by atoms with Crippen LogP contribution in [0.25, 0.3) is 0 Å². The lowest BCUT2D eigenvalue weighted by atomic mass is 10.0. The van der Waals surface area contributed by atoms with Gasteiger partial charge in [0.1, 0.15) is 5.82 Å². The van der Waals surface area contributed by atoms with Crippen LogP contribution in [0.4, 0.5) is 4.39 Å². The van der Waals surface area contributed by atoms with Gasteiger partial charge in [-0.3, -0.25) is 4.79 Å². The molecular formula is C13H11BrClFO. The molecule has 0 radical (unpaired) electrons. The molecule has 0 N–H and O–H groups in total. The van der Waals surface area contributed by atoms with Gasteiger partial charge >= 0.3 is 0 Å². The summed E-state index contributed by atoms with van der Waals surface area (Å²) in [7, 11) is 0. The topological polar surface area (TPSA) is 17.1 Å². The second-order valence-electron chi connectivity index (χ2n) is 3.29. The van der Waals surface area contributed by atoms with E-state index >= 15 is 0 Å². The van der Waals surface area contributed by atoms with E-state index in [1.165, 1.54) is 12.1 Å². The van der Waals surface area contributed by atoms with E-state index in [-0.39, 0.29) is 16.4 Å². The Balaban J connectivity index is 3.25. The number of halogens is 3. The van der Waals surface area contributed by atoms with Crippen LogP contribution >= 0.6 is 27.5 Å². The second kappa shape index (κ2) is 6.12. The summed E-state index contributed by atoms with van der Waals surface area (Å²) in [6.07, 6.45) is 3.41. The Labute approximate surface area is 113 Å². The van der Waals surface area contributed by atoms with E-state index in [2.05, 4.69) is 15.9 Å². The van der Waals surface area contributed by atoms with Gasteiger partial charge in [-0.1, -0.05) is 39.7 Å². The van der Waals surface area contributed by atoms with E-state index in [9.17, 15) is 9.18 Å². The van der Waals surface area contributed by atoms with Gasteiger partial charge in [0.2, 0.25) is 0 Å². The van der Waals surface area contributed by atoms with Crippen molar-refractivity contribution in [2.45, 2.75) is 13.8 Å². The standard InChI is InChI=1S/C13H11BrClFO/c1-3-9(11(14)4-2)13(17)10-7-8(16)5-6-12(10)15/h3-7H,1-2H3/b9-3-,11-4-. The molecule has 0 saturated carbocycles. The first-order chi connectivity index (χ1) is 8.01. The van der Waals surface area contributed by atoms with Crippen molar-refractivity contribution in [3.63, 3.8) is 0 Å². The van der Waals surface area contributed by atoms with Crippen LogP contribution in [0.1, 0.15) is 24.2 Å². The lowest BCUT2D eigenvalue weighted by Crippen LogP contribution is -2.05. The Kier molecular flexibility index (Phi) is 5.09. The Hall–Kier alpha value is -0.930. The third-order valence-corrected chi connectivity index (χ3v) is 3.43. The average Bonchev–Trinajstić information content (AvgIpc) is 2.32. The molecule has 0 aliphatic rings. The highest BCUT2D eigenvalue weighted by Crippen LogP contribution is 2.26. The van der Waals surface area contributed by atoms with Crippen molar-refractivity contribution < 1.29 is 9.18 Å². The van der Waals surface area contributed by atoms with Gasteiger partial charge in [0.25, 0.3) is 0 Å². The molecule has 0 aliphatic carbocycles. The number of ketones is 1. The molecule has 0 fully saturated rings. The van der Waals surface area contributed by atoms with Crippen molar-refractivity contribution in [3.8, 4) is 0 Å². The molecule has 0 aromatic heterocycles. The van der Waals surface area contributed by atoms with E-state index in [0.717, 1.165) is 6.07 Å². The number of carbonyl (C=O) groups excluding carboxylic acids is 1. The van der Waals surface area contributed by atoms with E-state index in [1.54, 1.807) is 26.0 Å². The minimum Gasteiger partial charge on any atom is -0.289 e. The fourth-order valence-corrected chi connectivity index (χ4v) is 1.96. The molecule has 90 valence electrons. The van der Waals surface area contributed by atoms with Gasteiger partial charge < -0.3 is 0 Å². The predicted octanol–water partition coefficient (Wildman–Crippen LogP) is 4.91. The molecule has 0 atom stereocenters. The number of hydrogen-bond acceptors (Lipinski definition) is 1. The molecule has 1 aromatic rings. The number of allylic oxidation sites excluding steroid dienone is 4. The quantitative estimate of drug-likeness (QED) is 0.440. The zero-order valence-electron chi connectivity index (χ0n) is 9.43. The Bertz CT molecular complexity index is 506. The van der Waals surface area contributed by atoms with Crippen molar-refractivity contribution in [2.75, 3.05) is 0 Å². The minimum atomic E-state index is -0.482. The molecule has 0 heterocycles. The molecule has 0 saturated heterocycles. The second-order valence-corrected chi connectivity index (χ2v) is 4.55. The number of benzene rings is 1. The summed E-state index contributed by atoms with van der Waals surface area (Å²) in [5.41, 5.74) is 0.624. The highest BCUT2D eigenvalue weighted by molar-refractivity contribution is 9.12. The maximum atomic E-state index is 13.1. The normalized spacial score (nSPS) is 12.8. The van der Waals surface area contributed by atoms with Crippen LogP contribution in [0.3, 0.4) is 0 Å². The van der Waals surface area contributed by atoms with E-state index in [0.29, 0.717) is 10.1 Å². The molecule has 4 heteroatoms. The fraction of sp³-hybridized carbons (Fsp3) is 0.154. The first-order valence-corrected chi connectivity index (χ1v) is 6.16. The zero-order valence-corrected chi connectivity index (χ0v) is 11.8. The predicted molar refractivity (Wildman–Crippen MR) is 72.2 cm³/mol. The zero-order chi connectivity index (χ0) is 13.0. The smallest absolute Gasteiger partial charge is 0.195 e. The first kappa shape index (κ1) is 14.1. The maximum absolute atomic E-state index is 13.1. The van der Waals surface area contributed by atoms with Gasteiger partial charge in [0.15, 0.2) is 5.78 Å². The Morgan fingerprint density at radius 3 is 2.53 bits per heavy atom. The molecule has 17 heavy (non-hydrogen) atoms. The molecule has 0 aliphatic heterocycles. The fourth-order valence-electron chi connectivity index (χ4n) is 1.35. The molecule has 0 bridgehead atoms. The molecule has 1 nitrogen and oxygen atoms in total. The van der Waals surface area contributed by atoms with Crippen LogP contribution in [0.2, 0.25) is 5.02 Å². The van der Waals surface area contributed by atoms with Crippen molar-refractivity contribution in [2.24, 2.45) is 0 Å². The molecule has 0 unspecified atom stereocenters. The van der Waals surface area contributed by atoms with Crippen molar-refractivity contribution >= 4 is 33.3 Å². The van der Waals surface area contributed by atoms with Crippen LogP contribution in [0, 0.1) is 5.82 Å². The third-order valence-electron chi connectivity index (χ3n) is 2.22. The summed E-state index contributed by atoms with van der Waals surface area (Å²) >= 11 is 9.17. The summed E-state index contributed by atoms with van der Waals surface area (Å²) in [6, 6.07) is 3.74. The molecule has 1 rings (SSSR count). The number of carbonyl (C=O) groups is 1. The number of Topliss-reactive ketones (excluding diaryl/α,β-unsaturated/α-hetero) is 1. The summed E-state index contributed by atoms with van der Waals surface area (Å²) in [6.45, 7) is 3.54. The molecular weight excluding hydrogens is 306 g/mol. The summed E-state index contributed by atoms with van der Waals surface area (Å²) in [5, 5.41) is 0.243. The van der Waals surface area contributed by atoms with Gasteiger partial charge in [-0.05, 0) is 32.0 Å². The van der Waals surface area contributed by atoms with E-state index in [1.807, 2.05) is 0 Å². The van der Waals surface area contributed by atoms with Gasteiger partial charge in [-0.25, -0.2) is 4.39 Å². The molecule has 0 spiro atoms. The highest BCUT2D eigenvalue weighted by Gasteiger charge is 2.17. The SMILES string of the molecule is C/C=C(Br)/C(=C/C)C(=O)c1cc(F)ccc1Cl. The van der Waals surface area contributed by atoms with Gasteiger partial charge in [0.05, 0.1) is 5.02 Å². The lowest BCUT2D eigenvalue weighted by molar-refractivity contribution is 0.103. The Morgan fingerprint density at radius 2 is 2.00 bits per heavy atom. The van der Waals surface area contributed by atoms with E-state index < -0.39 is 5.82 Å². The van der Waals surface area contributed by atoms with Crippen LogP contribution in [0.5, 0.6) is 0 Å². The Morgan fingerprint density at radius 1 is 1.35 bits per heavy atom. The van der Waals surface area contributed by atoms with Crippen LogP contribution in [-0.4, -0.2) is 5.78 Å². The molecule has 0 amide bonds. The van der Waals surface area contributed by atoms with Gasteiger partial charge in [-0.15, -0.1) is 0 Å². The van der Waals surface area contributed by atoms with Crippen LogP contribution < -0.4 is 0 Å². The van der Waals surface area contributed by atoms with Crippen molar-refractivity contribution in [1.29, 1.82) is 0 Å². The highest BCUT2D eigenvalue weighted by atomic mass is 79.9. The maximum Gasteiger partial charge on any atom is 0.195 e. The summed E-state index contributed by atoms with van der Waals surface area (Å²) < 4.78 is 13.8.